The van der Waals surface area contributed by atoms with Crippen molar-refractivity contribution in [3.63, 3.8) is 0 Å². The topological polar surface area (TPSA) is 118 Å². The standard InChI is InChI=1S/C26H32O8S2/c27-12-16-31-20-6-4-8-22(24(20)33-18-14-29)35-26(10-2-1-3-11-26)36-23-9-5-7-21(32-17-13-28)25(23)34-19-15-30/h2-11,27-30H,1,12-19H2. The average molecular weight is 537 g/mol. The van der Waals surface area contributed by atoms with E-state index < -0.39 is 4.08 Å². The fraction of sp³-hybridized carbons (Fsp3) is 0.385. The van der Waals surface area contributed by atoms with E-state index in [1.54, 1.807) is 35.7 Å². The largest absolute Gasteiger partial charge is 0.487 e. The second-order valence-corrected chi connectivity index (χ2v) is 10.3. The number of aliphatic hydroxyl groups excluding tert-OH is 4. The van der Waals surface area contributed by atoms with E-state index in [-0.39, 0.29) is 52.9 Å². The summed E-state index contributed by atoms with van der Waals surface area (Å²) in [7, 11) is 0. The van der Waals surface area contributed by atoms with Gasteiger partial charge in [-0.2, -0.15) is 0 Å². The van der Waals surface area contributed by atoms with Gasteiger partial charge in [-0.1, -0.05) is 60.0 Å². The Hall–Kier alpha value is -2.34. The smallest absolute Gasteiger partial charge is 0.174 e. The molecule has 8 nitrogen and oxygen atoms in total. The van der Waals surface area contributed by atoms with Crippen molar-refractivity contribution >= 4 is 23.5 Å². The van der Waals surface area contributed by atoms with Gasteiger partial charge < -0.3 is 39.4 Å². The van der Waals surface area contributed by atoms with E-state index in [0.717, 1.165) is 16.2 Å². The third-order valence-corrected chi connectivity index (χ3v) is 7.54. The number of para-hydroxylation sites is 2. The molecule has 2 aromatic carbocycles. The molecule has 1 aliphatic rings. The van der Waals surface area contributed by atoms with Gasteiger partial charge in [-0.05, 0) is 30.7 Å². The Balaban J connectivity index is 1.99. The summed E-state index contributed by atoms with van der Waals surface area (Å²) in [6.45, 7) is -0.120. The number of ether oxygens (including phenoxy) is 4. The van der Waals surface area contributed by atoms with Gasteiger partial charge in [0, 0.05) is 0 Å². The zero-order chi connectivity index (χ0) is 25.6. The zero-order valence-electron chi connectivity index (χ0n) is 19.9. The first-order chi connectivity index (χ1) is 17.7. The molecule has 0 saturated heterocycles. The van der Waals surface area contributed by atoms with Crippen LogP contribution in [-0.2, 0) is 0 Å². The van der Waals surface area contributed by atoms with E-state index in [0.29, 0.717) is 23.0 Å². The molecule has 0 aliphatic heterocycles. The van der Waals surface area contributed by atoms with Gasteiger partial charge in [0.15, 0.2) is 23.0 Å². The summed E-state index contributed by atoms with van der Waals surface area (Å²) in [4.78, 5) is 1.60. The highest BCUT2D eigenvalue weighted by molar-refractivity contribution is 8.18. The zero-order valence-corrected chi connectivity index (χ0v) is 21.5. The molecule has 0 radical (unpaired) electrons. The minimum atomic E-state index is -0.585. The van der Waals surface area contributed by atoms with Crippen LogP contribution in [0.15, 0.2) is 70.5 Å². The Morgan fingerprint density at radius 1 is 0.611 bits per heavy atom. The van der Waals surface area contributed by atoms with Crippen LogP contribution < -0.4 is 18.9 Å². The maximum absolute atomic E-state index is 9.34. The Bertz CT molecular complexity index is 932. The molecular formula is C26H32O8S2. The number of allylic oxidation sites excluding steroid dienone is 2. The van der Waals surface area contributed by atoms with E-state index in [2.05, 4.69) is 24.3 Å². The first-order valence-corrected chi connectivity index (χ1v) is 13.2. The van der Waals surface area contributed by atoms with Crippen LogP contribution >= 0.6 is 23.5 Å². The van der Waals surface area contributed by atoms with Crippen molar-refractivity contribution in [2.45, 2.75) is 20.3 Å². The maximum atomic E-state index is 9.34. The van der Waals surface area contributed by atoms with Gasteiger partial charge in [-0.25, -0.2) is 0 Å². The highest BCUT2D eigenvalue weighted by atomic mass is 32.2. The van der Waals surface area contributed by atoms with Gasteiger partial charge in [0.25, 0.3) is 0 Å². The Labute approximate surface area is 219 Å². The molecule has 2 aromatic rings. The molecule has 0 atom stereocenters. The fourth-order valence-electron chi connectivity index (χ4n) is 3.37. The second-order valence-electron chi connectivity index (χ2n) is 7.42. The predicted octanol–water partition coefficient (Wildman–Crippen LogP) is 3.27. The van der Waals surface area contributed by atoms with E-state index in [9.17, 15) is 20.4 Å². The van der Waals surface area contributed by atoms with E-state index >= 15 is 0 Å². The van der Waals surface area contributed by atoms with E-state index in [1.165, 1.54) is 0 Å². The van der Waals surface area contributed by atoms with Crippen molar-refractivity contribution in [2.24, 2.45) is 0 Å². The SMILES string of the molecule is OCCOc1cccc(SC2(Sc3cccc(OCCO)c3OCCO)C=CCC=C2)c1OCCO. The van der Waals surface area contributed by atoms with Crippen molar-refractivity contribution in [3.8, 4) is 23.0 Å². The van der Waals surface area contributed by atoms with Gasteiger partial charge in [0.1, 0.15) is 30.5 Å². The van der Waals surface area contributed by atoms with Crippen LogP contribution in [0.5, 0.6) is 23.0 Å². The lowest BCUT2D eigenvalue weighted by Crippen LogP contribution is -2.17. The van der Waals surface area contributed by atoms with Gasteiger partial charge in [0.2, 0.25) is 0 Å². The first kappa shape index (κ1) is 28.2. The fourth-order valence-corrected chi connectivity index (χ4v) is 6.22. The number of hydrogen-bond donors (Lipinski definition) is 4. The summed E-state index contributed by atoms with van der Waals surface area (Å²) in [5.74, 6) is 1.96. The molecule has 0 unspecified atom stereocenters. The average Bonchev–Trinajstić information content (AvgIpc) is 2.90. The van der Waals surface area contributed by atoms with Gasteiger partial charge in [-0.15, -0.1) is 0 Å². The van der Waals surface area contributed by atoms with Crippen LogP contribution in [0.2, 0.25) is 0 Å². The van der Waals surface area contributed by atoms with Gasteiger partial charge in [-0.3, -0.25) is 0 Å². The molecule has 196 valence electrons. The summed E-state index contributed by atoms with van der Waals surface area (Å²) in [6.07, 6.45) is 9.19. The Morgan fingerprint density at radius 3 is 1.44 bits per heavy atom. The molecule has 36 heavy (non-hydrogen) atoms. The molecule has 3 rings (SSSR count). The van der Waals surface area contributed by atoms with Gasteiger partial charge >= 0.3 is 0 Å². The van der Waals surface area contributed by atoms with E-state index in [4.69, 9.17) is 18.9 Å². The third kappa shape index (κ3) is 7.83. The minimum absolute atomic E-state index is 0.0995. The van der Waals surface area contributed by atoms with Crippen LogP contribution in [0.3, 0.4) is 0 Å². The summed E-state index contributed by atoms with van der Waals surface area (Å²) >= 11 is 3.08. The molecule has 0 aromatic heterocycles. The number of rotatable bonds is 16. The normalized spacial score (nSPS) is 14.0. The second kappa shape index (κ2) is 15.0. The maximum Gasteiger partial charge on any atom is 0.174 e. The quantitative estimate of drug-likeness (QED) is 0.188. The predicted molar refractivity (Wildman–Crippen MR) is 141 cm³/mol. The molecule has 0 spiro atoms. The van der Waals surface area contributed by atoms with Crippen molar-refractivity contribution in [2.75, 3.05) is 52.9 Å². The molecule has 0 bridgehead atoms. The molecule has 0 heterocycles. The van der Waals surface area contributed by atoms with Crippen molar-refractivity contribution < 1.29 is 39.4 Å². The highest BCUT2D eigenvalue weighted by Crippen LogP contribution is 2.55. The molecule has 0 saturated carbocycles. The van der Waals surface area contributed by atoms with Crippen molar-refractivity contribution in [3.05, 3.63) is 60.7 Å². The van der Waals surface area contributed by atoms with Crippen LogP contribution in [0, 0.1) is 0 Å². The first-order valence-electron chi connectivity index (χ1n) is 11.6. The number of thioether (sulfide) groups is 2. The van der Waals surface area contributed by atoms with Gasteiger partial charge in [0.05, 0.1) is 36.2 Å². The monoisotopic (exact) mass is 536 g/mol. The van der Waals surface area contributed by atoms with E-state index in [1.807, 2.05) is 24.3 Å². The molecule has 4 N–H and O–H groups in total. The minimum Gasteiger partial charge on any atom is -0.487 e. The van der Waals surface area contributed by atoms with Crippen LogP contribution in [0.1, 0.15) is 6.42 Å². The lowest BCUT2D eigenvalue weighted by Gasteiger charge is -2.30. The lowest BCUT2D eigenvalue weighted by molar-refractivity contribution is 0.176. The van der Waals surface area contributed by atoms with Crippen molar-refractivity contribution in [1.29, 1.82) is 0 Å². The molecule has 1 aliphatic carbocycles. The Kier molecular flexibility index (Phi) is 11.8. The molecule has 0 fully saturated rings. The molecule has 10 heteroatoms. The number of benzene rings is 2. The van der Waals surface area contributed by atoms with Crippen molar-refractivity contribution in [1.82, 2.24) is 0 Å². The number of aliphatic hydroxyl groups is 4. The molecular weight excluding hydrogens is 504 g/mol. The summed E-state index contributed by atoms with van der Waals surface area (Å²) in [6, 6.07) is 11.1. The van der Waals surface area contributed by atoms with Crippen LogP contribution in [0.25, 0.3) is 0 Å². The Morgan fingerprint density at radius 2 is 1.03 bits per heavy atom. The van der Waals surface area contributed by atoms with Crippen LogP contribution in [-0.4, -0.2) is 77.4 Å². The molecule has 0 amide bonds. The van der Waals surface area contributed by atoms with Crippen LogP contribution in [0.4, 0.5) is 0 Å². The summed E-state index contributed by atoms with van der Waals surface area (Å²) < 4.78 is 22.5. The third-order valence-electron chi connectivity index (χ3n) is 4.77. The number of hydrogen-bond acceptors (Lipinski definition) is 10. The summed E-state index contributed by atoms with van der Waals surface area (Å²) in [5, 5.41) is 37.1. The summed E-state index contributed by atoms with van der Waals surface area (Å²) in [5.41, 5.74) is 0. The highest BCUT2D eigenvalue weighted by Gasteiger charge is 2.32. The lowest BCUT2D eigenvalue weighted by atomic mass is 10.2.